The van der Waals surface area contributed by atoms with Crippen molar-refractivity contribution < 1.29 is 24.2 Å². The highest BCUT2D eigenvalue weighted by atomic mass is 32.2. The van der Waals surface area contributed by atoms with Gasteiger partial charge in [-0.25, -0.2) is 0 Å². The van der Waals surface area contributed by atoms with E-state index < -0.39 is 11.9 Å². The standard InChI is InChI=1S/C18H21NO5S/c20-17(9-25-8-11-1-2-11)19-6-13(14(7-19)18(21)22)12-3-4-15-16(5-12)24-10-23-15/h3-5,11,13-14H,1-2,6-10H2,(H,21,22)/t13-,14+/m0/s1. The molecule has 0 radical (unpaired) electrons. The maximum atomic E-state index is 12.4. The summed E-state index contributed by atoms with van der Waals surface area (Å²) in [7, 11) is 0. The summed E-state index contributed by atoms with van der Waals surface area (Å²) in [6.45, 7) is 0.908. The normalized spacial score (nSPS) is 24.6. The molecule has 2 atom stereocenters. The van der Waals surface area contributed by atoms with Crippen molar-refractivity contribution in [3.63, 3.8) is 0 Å². The number of ether oxygens (including phenoxy) is 2. The van der Waals surface area contributed by atoms with E-state index in [0.717, 1.165) is 17.2 Å². The van der Waals surface area contributed by atoms with E-state index in [1.54, 1.807) is 16.7 Å². The number of carbonyl (C=O) groups excluding carboxylic acids is 1. The Morgan fingerprint density at radius 3 is 2.76 bits per heavy atom. The van der Waals surface area contributed by atoms with Gasteiger partial charge in [-0.15, -0.1) is 0 Å². The van der Waals surface area contributed by atoms with E-state index in [1.165, 1.54) is 12.8 Å². The van der Waals surface area contributed by atoms with Crippen molar-refractivity contribution in [2.75, 3.05) is 31.4 Å². The third kappa shape index (κ3) is 3.56. The van der Waals surface area contributed by atoms with Gasteiger partial charge in [0.2, 0.25) is 12.7 Å². The van der Waals surface area contributed by atoms with Crippen molar-refractivity contribution in [2.45, 2.75) is 18.8 Å². The van der Waals surface area contributed by atoms with Gasteiger partial charge in [-0.05, 0) is 42.2 Å². The number of nitrogens with zero attached hydrogens (tertiary/aromatic N) is 1. The summed E-state index contributed by atoms with van der Waals surface area (Å²) in [5, 5.41) is 9.60. The molecule has 6 nitrogen and oxygen atoms in total. The van der Waals surface area contributed by atoms with Gasteiger partial charge in [0.1, 0.15) is 0 Å². The number of amides is 1. The number of benzene rings is 1. The third-order valence-electron chi connectivity index (χ3n) is 5.09. The predicted octanol–water partition coefficient (Wildman–Crippen LogP) is 2.19. The molecule has 25 heavy (non-hydrogen) atoms. The third-order valence-corrected chi connectivity index (χ3v) is 6.25. The van der Waals surface area contributed by atoms with Crippen LogP contribution in [0.2, 0.25) is 0 Å². The lowest BCUT2D eigenvalue weighted by Crippen LogP contribution is -2.31. The van der Waals surface area contributed by atoms with Crippen LogP contribution in [0.15, 0.2) is 18.2 Å². The summed E-state index contributed by atoms with van der Waals surface area (Å²) in [4.78, 5) is 25.8. The van der Waals surface area contributed by atoms with Crippen LogP contribution in [0.1, 0.15) is 24.3 Å². The number of carboxylic acids is 1. The molecular formula is C18H21NO5S. The van der Waals surface area contributed by atoms with Crippen LogP contribution in [0.4, 0.5) is 0 Å². The summed E-state index contributed by atoms with van der Waals surface area (Å²) in [6.07, 6.45) is 2.55. The zero-order chi connectivity index (χ0) is 17.4. The van der Waals surface area contributed by atoms with E-state index >= 15 is 0 Å². The molecular weight excluding hydrogens is 342 g/mol. The Labute approximate surface area is 150 Å². The second kappa shape index (κ2) is 6.78. The Hall–Kier alpha value is -1.89. The molecule has 1 N–H and O–H groups in total. The van der Waals surface area contributed by atoms with Crippen molar-refractivity contribution >= 4 is 23.6 Å². The lowest BCUT2D eigenvalue weighted by Gasteiger charge is -2.16. The van der Waals surface area contributed by atoms with E-state index in [4.69, 9.17) is 9.47 Å². The van der Waals surface area contributed by atoms with Crippen LogP contribution >= 0.6 is 11.8 Å². The number of thioether (sulfide) groups is 1. The lowest BCUT2D eigenvalue weighted by atomic mass is 9.89. The van der Waals surface area contributed by atoms with Crippen LogP contribution in [0.3, 0.4) is 0 Å². The summed E-state index contributed by atoms with van der Waals surface area (Å²) in [5.74, 6) is 1.96. The van der Waals surface area contributed by atoms with Gasteiger partial charge in [-0.1, -0.05) is 6.07 Å². The Morgan fingerprint density at radius 2 is 2.00 bits per heavy atom. The monoisotopic (exact) mass is 363 g/mol. The van der Waals surface area contributed by atoms with E-state index in [-0.39, 0.29) is 25.2 Å². The smallest absolute Gasteiger partial charge is 0.308 e. The number of aliphatic carboxylic acids is 1. The molecule has 7 heteroatoms. The predicted molar refractivity (Wildman–Crippen MR) is 93.1 cm³/mol. The summed E-state index contributed by atoms with van der Waals surface area (Å²) < 4.78 is 10.7. The number of fused-ring (bicyclic) bond motifs is 1. The molecule has 0 spiro atoms. The Kier molecular flexibility index (Phi) is 4.50. The number of hydrogen-bond acceptors (Lipinski definition) is 5. The Bertz CT molecular complexity index is 690. The van der Waals surface area contributed by atoms with Crippen LogP contribution in [0.5, 0.6) is 11.5 Å². The van der Waals surface area contributed by atoms with E-state index in [1.807, 2.05) is 18.2 Å². The second-order valence-corrected chi connectivity index (χ2v) is 7.95. The number of hydrogen-bond donors (Lipinski definition) is 1. The topological polar surface area (TPSA) is 76.1 Å². The molecule has 134 valence electrons. The fourth-order valence-electron chi connectivity index (χ4n) is 3.43. The number of carbonyl (C=O) groups is 2. The van der Waals surface area contributed by atoms with Crippen molar-refractivity contribution in [2.24, 2.45) is 11.8 Å². The summed E-state index contributed by atoms with van der Waals surface area (Å²) in [5.41, 5.74) is 0.887. The van der Waals surface area contributed by atoms with Crippen LogP contribution in [0.25, 0.3) is 0 Å². The van der Waals surface area contributed by atoms with Crippen molar-refractivity contribution in [3.05, 3.63) is 23.8 Å². The maximum Gasteiger partial charge on any atom is 0.308 e. The molecule has 3 aliphatic rings. The first kappa shape index (κ1) is 16.6. The maximum absolute atomic E-state index is 12.4. The van der Waals surface area contributed by atoms with Crippen LogP contribution in [-0.2, 0) is 9.59 Å². The zero-order valence-electron chi connectivity index (χ0n) is 13.8. The average Bonchev–Trinajstić information content (AvgIpc) is 3.12. The van der Waals surface area contributed by atoms with Gasteiger partial charge in [-0.3, -0.25) is 9.59 Å². The lowest BCUT2D eigenvalue weighted by molar-refractivity contribution is -0.141. The Morgan fingerprint density at radius 1 is 1.20 bits per heavy atom. The highest BCUT2D eigenvalue weighted by Crippen LogP contribution is 2.39. The molecule has 2 fully saturated rings. The zero-order valence-corrected chi connectivity index (χ0v) is 14.7. The number of carboxylic acid groups (broad SMARTS) is 1. The number of likely N-dealkylation sites (tertiary alicyclic amines) is 1. The van der Waals surface area contributed by atoms with Gasteiger partial charge in [-0.2, -0.15) is 11.8 Å². The first-order valence-electron chi connectivity index (χ1n) is 8.59. The molecule has 1 aliphatic carbocycles. The largest absolute Gasteiger partial charge is 0.481 e. The molecule has 4 rings (SSSR count). The van der Waals surface area contributed by atoms with Gasteiger partial charge < -0.3 is 19.5 Å². The first-order valence-corrected chi connectivity index (χ1v) is 9.75. The molecule has 1 aromatic carbocycles. The first-order chi connectivity index (χ1) is 12.1. The molecule has 1 saturated heterocycles. The molecule has 1 aromatic rings. The quantitative estimate of drug-likeness (QED) is 0.835. The Balaban J connectivity index is 1.44. The van der Waals surface area contributed by atoms with E-state index in [2.05, 4.69) is 0 Å². The fraction of sp³-hybridized carbons (Fsp3) is 0.556. The second-order valence-electron chi connectivity index (χ2n) is 6.92. The summed E-state index contributed by atoms with van der Waals surface area (Å²) >= 11 is 1.67. The highest BCUT2D eigenvalue weighted by molar-refractivity contribution is 7.99. The molecule has 2 aliphatic heterocycles. The minimum Gasteiger partial charge on any atom is -0.481 e. The molecule has 1 amide bonds. The van der Waals surface area contributed by atoms with Gasteiger partial charge in [0, 0.05) is 19.0 Å². The number of rotatable bonds is 6. The SMILES string of the molecule is O=C(O)[C@@H]1CN(C(=O)CSCC2CC2)C[C@H]1c1ccc2c(c1)OCO2. The van der Waals surface area contributed by atoms with E-state index in [0.29, 0.717) is 23.8 Å². The molecule has 0 bridgehead atoms. The molecule has 0 unspecified atom stereocenters. The van der Waals surface area contributed by atoms with Gasteiger partial charge >= 0.3 is 5.97 Å². The highest BCUT2D eigenvalue weighted by Gasteiger charge is 2.40. The van der Waals surface area contributed by atoms with Crippen LogP contribution in [-0.4, -0.2) is 53.3 Å². The van der Waals surface area contributed by atoms with Crippen molar-refractivity contribution in [1.29, 1.82) is 0 Å². The van der Waals surface area contributed by atoms with Crippen molar-refractivity contribution in [3.8, 4) is 11.5 Å². The minimum atomic E-state index is -0.858. The molecule has 2 heterocycles. The van der Waals surface area contributed by atoms with Gasteiger partial charge in [0.05, 0.1) is 11.7 Å². The fourth-order valence-corrected chi connectivity index (χ4v) is 4.57. The summed E-state index contributed by atoms with van der Waals surface area (Å²) in [6, 6.07) is 5.54. The van der Waals surface area contributed by atoms with Crippen molar-refractivity contribution in [1.82, 2.24) is 4.90 Å². The van der Waals surface area contributed by atoms with Gasteiger partial charge in [0.25, 0.3) is 0 Å². The van der Waals surface area contributed by atoms with Gasteiger partial charge in [0.15, 0.2) is 11.5 Å². The van der Waals surface area contributed by atoms with Crippen LogP contribution in [0, 0.1) is 11.8 Å². The molecule has 0 aromatic heterocycles. The van der Waals surface area contributed by atoms with E-state index in [9.17, 15) is 14.7 Å². The average molecular weight is 363 g/mol. The minimum absolute atomic E-state index is 0.0418. The van der Waals surface area contributed by atoms with Crippen LogP contribution < -0.4 is 9.47 Å². The molecule has 1 saturated carbocycles.